The number of amides is 1. The quantitative estimate of drug-likeness (QED) is 0.250. The van der Waals surface area contributed by atoms with Gasteiger partial charge in [-0.3, -0.25) is 14.3 Å². The number of nitrogens with one attached hydrogen (secondary N) is 1. The zero-order chi connectivity index (χ0) is 29.4. The van der Waals surface area contributed by atoms with Crippen LogP contribution in [0.15, 0.2) is 48.5 Å². The number of ether oxygens (including phenoxy) is 3. The molecule has 1 aliphatic carbocycles. The summed E-state index contributed by atoms with van der Waals surface area (Å²) in [5.74, 6) is 0.394. The Kier molecular flexibility index (Phi) is 10.4. The van der Waals surface area contributed by atoms with E-state index < -0.39 is 6.04 Å². The van der Waals surface area contributed by atoms with Gasteiger partial charge in [0.25, 0.3) is 5.91 Å². The van der Waals surface area contributed by atoms with Crippen LogP contribution in [0.1, 0.15) is 74.5 Å². The second kappa shape index (κ2) is 14.1. The molecule has 9 heteroatoms. The van der Waals surface area contributed by atoms with Crippen molar-refractivity contribution in [2.45, 2.75) is 70.9 Å². The Hall–Kier alpha value is -3.88. The van der Waals surface area contributed by atoms with E-state index in [2.05, 4.69) is 5.32 Å². The molecule has 220 valence electrons. The number of halogens is 1. The molecule has 1 saturated carbocycles. The normalized spacial score (nSPS) is 14.2. The summed E-state index contributed by atoms with van der Waals surface area (Å²) in [7, 11) is 3.21. The molecule has 8 nitrogen and oxygen atoms in total. The van der Waals surface area contributed by atoms with Gasteiger partial charge >= 0.3 is 5.97 Å². The summed E-state index contributed by atoms with van der Waals surface area (Å²) >= 11 is 0. The zero-order valence-electron chi connectivity index (χ0n) is 24.3. The fraction of sp³-hybridized carbons (Fsp3) is 0.469. The first-order valence-corrected chi connectivity index (χ1v) is 14.3. The minimum atomic E-state index is -0.493. The Balaban J connectivity index is 1.61. The van der Waals surface area contributed by atoms with Gasteiger partial charge in [-0.05, 0) is 67.5 Å². The lowest BCUT2D eigenvalue weighted by atomic mass is 10.0. The first-order valence-electron chi connectivity index (χ1n) is 14.3. The van der Waals surface area contributed by atoms with E-state index >= 15 is 0 Å². The molecule has 0 aliphatic heterocycles. The van der Waals surface area contributed by atoms with Crippen LogP contribution >= 0.6 is 0 Å². The Morgan fingerprint density at radius 3 is 2.32 bits per heavy atom. The van der Waals surface area contributed by atoms with E-state index in [4.69, 9.17) is 19.3 Å². The van der Waals surface area contributed by atoms with Gasteiger partial charge in [0.1, 0.15) is 17.3 Å². The van der Waals surface area contributed by atoms with E-state index in [1.54, 1.807) is 32.4 Å². The number of carbonyl (C=O) groups excluding carboxylic acids is 2. The first kappa shape index (κ1) is 30.1. The summed E-state index contributed by atoms with van der Waals surface area (Å²) in [5.41, 5.74) is 2.65. The predicted octanol–water partition coefficient (Wildman–Crippen LogP) is 6.14. The van der Waals surface area contributed by atoms with Crippen LogP contribution in [-0.4, -0.2) is 48.5 Å². The summed E-state index contributed by atoms with van der Waals surface area (Å²) < 4.78 is 32.0. The Morgan fingerprint density at radius 2 is 1.71 bits per heavy atom. The monoisotopic (exact) mass is 565 g/mol. The van der Waals surface area contributed by atoms with Crippen LogP contribution in [0.4, 0.5) is 4.39 Å². The van der Waals surface area contributed by atoms with Crippen LogP contribution in [-0.2, 0) is 16.0 Å². The molecule has 3 aromatic rings. The third kappa shape index (κ3) is 7.86. The van der Waals surface area contributed by atoms with Gasteiger partial charge in [-0.15, -0.1) is 0 Å². The SMILES string of the molecule is COc1cccc(OC)c1-c1cc(C(=O)N[C@@H](CCc2ccc(F)cc2)CC(=O)OCC(C)C)nn1C1CCCC1. The highest BCUT2D eigenvalue weighted by atomic mass is 19.1. The lowest BCUT2D eigenvalue weighted by Gasteiger charge is -2.18. The number of methoxy groups -OCH3 is 2. The highest BCUT2D eigenvalue weighted by Gasteiger charge is 2.28. The first-order chi connectivity index (χ1) is 19.8. The molecule has 1 atom stereocenters. The number of rotatable bonds is 13. The molecular weight excluding hydrogens is 525 g/mol. The van der Waals surface area contributed by atoms with Crippen molar-refractivity contribution in [3.8, 4) is 22.8 Å². The molecule has 1 fully saturated rings. The number of nitrogens with zero attached hydrogens (tertiary/aromatic N) is 2. The Bertz CT molecular complexity index is 1290. The number of benzene rings is 2. The van der Waals surface area contributed by atoms with Gasteiger partial charge in [0, 0.05) is 6.04 Å². The minimum absolute atomic E-state index is 0.0240. The molecular formula is C32H40FN3O5. The second-order valence-corrected chi connectivity index (χ2v) is 11.0. The van der Waals surface area contributed by atoms with Crippen LogP contribution in [0.5, 0.6) is 11.5 Å². The van der Waals surface area contributed by atoms with Crippen molar-refractivity contribution < 1.29 is 28.2 Å². The van der Waals surface area contributed by atoms with Gasteiger partial charge in [0.05, 0.1) is 44.5 Å². The maximum absolute atomic E-state index is 13.6. The van der Waals surface area contributed by atoms with Crippen LogP contribution in [0.3, 0.4) is 0 Å². The van der Waals surface area contributed by atoms with Gasteiger partial charge < -0.3 is 19.5 Å². The van der Waals surface area contributed by atoms with E-state index in [-0.39, 0.29) is 41.8 Å². The molecule has 1 amide bonds. The summed E-state index contributed by atoms with van der Waals surface area (Å²) in [4.78, 5) is 26.2. The molecule has 0 bridgehead atoms. The third-order valence-corrected chi connectivity index (χ3v) is 7.34. The number of aromatic nitrogens is 2. The van der Waals surface area contributed by atoms with E-state index in [0.717, 1.165) is 42.5 Å². The topological polar surface area (TPSA) is 91.7 Å². The van der Waals surface area contributed by atoms with Crippen LogP contribution < -0.4 is 14.8 Å². The molecule has 1 heterocycles. The van der Waals surface area contributed by atoms with Gasteiger partial charge in [-0.25, -0.2) is 4.39 Å². The van der Waals surface area contributed by atoms with Crippen molar-refractivity contribution in [1.29, 1.82) is 0 Å². The molecule has 1 N–H and O–H groups in total. The van der Waals surface area contributed by atoms with Crippen molar-refractivity contribution in [1.82, 2.24) is 15.1 Å². The summed E-state index contributed by atoms with van der Waals surface area (Å²) in [6.45, 7) is 4.25. The highest BCUT2D eigenvalue weighted by Crippen LogP contribution is 2.41. The van der Waals surface area contributed by atoms with Gasteiger partial charge in [-0.2, -0.15) is 5.10 Å². The summed E-state index contributed by atoms with van der Waals surface area (Å²) in [6, 6.07) is 13.2. The molecule has 41 heavy (non-hydrogen) atoms. The standard InChI is InChI=1S/C32H40FN3O5/c1-21(2)20-41-30(37)18-24(17-14-22-12-15-23(33)16-13-22)34-32(38)26-19-27(36(35-26)25-8-5-6-9-25)31-28(39-3)10-7-11-29(31)40-4/h7,10-13,15-16,19,21,24-25H,5-6,8-9,14,17-18,20H2,1-4H3,(H,34,38)/t24-/m0/s1. The molecule has 1 aromatic heterocycles. The van der Waals surface area contributed by atoms with Gasteiger partial charge in [0.15, 0.2) is 5.69 Å². The average Bonchev–Trinajstić information content (AvgIpc) is 3.65. The number of carbonyl (C=O) groups is 2. The molecule has 0 radical (unpaired) electrons. The number of hydrogen-bond acceptors (Lipinski definition) is 6. The van der Waals surface area contributed by atoms with E-state index in [1.807, 2.05) is 36.7 Å². The second-order valence-electron chi connectivity index (χ2n) is 11.0. The largest absolute Gasteiger partial charge is 0.496 e. The van der Waals surface area contributed by atoms with Crippen molar-refractivity contribution >= 4 is 11.9 Å². The average molecular weight is 566 g/mol. The number of hydrogen-bond donors (Lipinski definition) is 1. The number of aryl methyl sites for hydroxylation is 1. The van der Waals surface area contributed by atoms with E-state index in [0.29, 0.717) is 30.9 Å². The fourth-order valence-electron chi connectivity index (χ4n) is 5.22. The fourth-order valence-corrected chi connectivity index (χ4v) is 5.22. The van der Waals surface area contributed by atoms with E-state index in [9.17, 15) is 14.0 Å². The van der Waals surface area contributed by atoms with Crippen LogP contribution in [0.25, 0.3) is 11.3 Å². The van der Waals surface area contributed by atoms with Gasteiger partial charge in [-0.1, -0.05) is 44.9 Å². The van der Waals surface area contributed by atoms with Crippen molar-refractivity contribution in [2.75, 3.05) is 20.8 Å². The molecule has 0 saturated heterocycles. The van der Waals surface area contributed by atoms with Crippen LogP contribution in [0.2, 0.25) is 0 Å². The van der Waals surface area contributed by atoms with Crippen molar-refractivity contribution in [2.24, 2.45) is 5.92 Å². The maximum Gasteiger partial charge on any atom is 0.307 e. The van der Waals surface area contributed by atoms with Crippen molar-refractivity contribution in [3.63, 3.8) is 0 Å². The molecule has 2 aromatic carbocycles. The smallest absolute Gasteiger partial charge is 0.307 e. The highest BCUT2D eigenvalue weighted by molar-refractivity contribution is 5.94. The lowest BCUT2D eigenvalue weighted by Crippen LogP contribution is -2.37. The van der Waals surface area contributed by atoms with Gasteiger partial charge in [0.2, 0.25) is 0 Å². The molecule has 4 rings (SSSR count). The zero-order valence-corrected chi connectivity index (χ0v) is 24.3. The Morgan fingerprint density at radius 1 is 1.05 bits per heavy atom. The third-order valence-electron chi connectivity index (χ3n) is 7.34. The molecule has 0 unspecified atom stereocenters. The summed E-state index contributed by atoms with van der Waals surface area (Å²) in [5, 5.41) is 7.80. The lowest BCUT2D eigenvalue weighted by molar-refractivity contribution is -0.145. The Labute approximate surface area is 241 Å². The predicted molar refractivity (Wildman–Crippen MR) is 155 cm³/mol. The van der Waals surface area contributed by atoms with E-state index in [1.165, 1.54) is 12.1 Å². The molecule has 0 spiro atoms. The van der Waals surface area contributed by atoms with Crippen molar-refractivity contribution in [3.05, 3.63) is 65.6 Å². The number of esters is 1. The minimum Gasteiger partial charge on any atom is -0.496 e. The molecule has 1 aliphatic rings. The maximum atomic E-state index is 13.6. The van der Waals surface area contributed by atoms with Crippen LogP contribution in [0, 0.1) is 11.7 Å². The summed E-state index contributed by atoms with van der Waals surface area (Å²) in [6.07, 6.45) is 5.19.